The number of hydrogen-bond donors (Lipinski definition) is 0. The lowest BCUT2D eigenvalue weighted by Gasteiger charge is -2.18. The number of methoxy groups -OCH3 is 1. The number of ether oxygens (including phenoxy) is 2. The van der Waals surface area contributed by atoms with E-state index in [2.05, 4.69) is 29.6 Å². The first-order valence-corrected chi connectivity index (χ1v) is 14.3. The number of carbonyl (C=O) groups is 1. The predicted molar refractivity (Wildman–Crippen MR) is 126 cm³/mol. The lowest BCUT2D eigenvalue weighted by Crippen LogP contribution is -2.22. The molecule has 3 rings (SSSR count). The third-order valence-corrected chi connectivity index (χ3v) is 6.97. The Labute approximate surface area is 193 Å². The molecule has 1 aromatic carbocycles. The Hall–Kier alpha value is -2.55. The third kappa shape index (κ3) is 5.62. The Morgan fingerprint density at radius 3 is 2.56 bits per heavy atom. The van der Waals surface area contributed by atoms with Gasteiger partial charge in [0.2, 0.25) is 0 Å². The quantitative estimate of drug-likeness (QED) is 0.233. The van der Waals surface area contributed by atoms with Gasteiger partial charge in [-0.25, -0.2) is 19.2 Å². The summed E-state index contributed by atoms with van der Waals surface area (Å²) in [6.45, 7) is 9.58. The molecule has 9 heteroatoms. The van der Waals surface area contributed by atoms with Crippen molar-refractivity contribution in [3.63, 3.8) is 0 Å². The summed E-state index contributed by atoms with van der Waals surface area (Å²) in [6, 6.07) is 9.15. The van der Waals surface area contributed by atoms with E-state index in [0.29, 0.717) is 29.4 Å². The summed E-state index contributed by atoms with van der Waals surface area (Å²) in [7, 11) is 0.0895. The number of hydrogen-bond acceptors (Lipinski definition) is 5. The van der Waals surface area contributed by atoms with Crippen LogP contribution in [0, 0.1) is 12.7 Å². The van der Waals surface area contributed by atoms with Crippen LogP contribution >= 0.6 is 11.6 Å². The van der Waals surface area contributed by atoms with Crippen LogP contribution in [0.1, 0.15) is 15.9 Å². The Bertz CT molecular complexity index is 1110. The van der Waals surface area contributed by atoms with E-state index >= 15 is 0 Å². The zero-order valence-corrected chi connectivity index (χ0v) is 20.7. The molecule has 0 spiro atoms. The van der Waals surface area contributed by atoms with Crippen LogP contribution in [0.3, 0.4) is 0 Å². The molecule has 0 saturated carbocycles. The molecule has 0 fully saturated rings. The SMILES string of the molecule is COC(=O)c1ccc(-c2c(Cl)nc(-c3ccc(F)cn3)n2COCC[Si](C)(C)C)c(C)c1. The zero-order chi connectivity index (χ0) is 23.5. The number of esters is 1. The summed E-state index contributed by atoms with van der Waals surface area (Å²) >= 11 is 6.58. The van der Waals surface area contributed by atoms with Crippen LogP contribution in [0.4, 0.5) is 4.39 Å². The van der Waals surface area contributed by atoms with Crippen LogP contribution in [0.15, 0.2) is 36.5 Å². The Morgan fingerprint density at radius 2 is 1.97 bits per heavy atom. The van der Waals surface area contributed by atoms with Gasteiger partial charge >= 0.3 is 5.97 Å². The van der Waals surface area contributed by atoms with Crippen molar-refractivity contribution in [1.82, 2.24) is 14.5 Å². The number of aromatic nitrogens is 3. The summed E-state index contributed by atoms with van der Waals surface area (Å²) < 4.78 is 26.1. The second-order valence-corrected chi connectivity index (χ2v) is 14.7. The Balaban J connectivity index is 2.05. The Morgan fingerprint density at radius 1 is 1.22 bits per heavy atom. The second kappa shape index (κ2) is 9.93. The molecule has 170 valence electrons. The summed E-state index contributed by atoms with van der Waals surface area (Å²) in [5.41, 5.74) is 3.21. The molecule has 6 nitrogen and oxygen atoms in total. The predicted octanol–water partition coefficient (Wildman–Crippen LogP) is 5.81. The minimum absolute atomic E-state index is 0.214. The first-order chi connectivity index (χ1) is 15.1. The molecule has 0 unspecified atom stereocenters. The van der Waals surface area contributed by atoms with E-state index in [1.807, 2.05) is 17.6 Å². The van der Waals surface area contributed by atoms with Crippen LogP contribution in [0.25, 0.3) is 22.8 Å². The van der Waals surface area contributed by atoms with Crippen molar-refractivity contribution in [3.05, 3.63) is 58.6 Å². The molecule has 0 saturated heterocycles. The lowest BCUT2D eigenvalue weighted by atomic mass is 10.0. The van der Waals surface area contributed by atoms with Crippen molar-refractivity contribution in [2.45, 2.75) is 39.3 Å². The van der Waals surface area contributed by atoms with E-state index < -0.39 is 19.9 Å². The normalized spacial score (nSPS) is 11.6. The number of pyridine rings is 1. The number of halogens is 2. The minimum atomic E-state index is -1.26. The van der Waals surface area contributed by atoms with Crippen LogP contribution in [-0.2, 0) is 16.2 Å². The number of rotatable bonds is 8. The molecule has 2 heterocycles. The van der Waals surface area contributed by atoms with Gasteiger partial charge in [-0.3, -0.25) is 4.57 Å². The number of carbonyl (C=O) groups excluding carboxylic acids is 1. The fourth-order valence-electron chi connectivity index (χ4n) is 3.22. The largest absolute Gasteiger partial charge is 0.465 e. The first-order valence-electron chi connectivity index (χ1n) is 10.3. The molecule has 0 atom stereocenters. The smallest absolute Gasteiger partial charge is 0.337 e. The molecule has 0 N–H and O–H groups in total. The maximum atomic E-state index is 13.4. The molecule has 0 aliphatic rings. The molecule has 0 aliphatic heterocycles. The van der Waals surface area contributed by atoms with Crippen molar-refractivity contribution in [2.75, 3.05) is 13.7 Å². The average molecular weight is 476 g/mol. The van der Waals surface area contributed by atoms with Gasteiger partial charge in [0.15, 0.2) is 11.0 Å². The first kappa shape index (κ1) is 24.1. The van der Waals surface area contributed by atoms with Gasteiger partial charge in [0, 0.05) is 20.2 Å². The molecule has 0 aliphatic carbocycles. The topological polar surface area (TPSA) is 66.2 Å². The average Bonchev–Trinajstić information content (AvgIpc) is 3.06. The zero-order valence-electron chi connectivity index (χ0n) is 18.9. The number of aryl methyl sites for hydroxylation is 1. The summed E-state index contributed by atoms with van der Waals surface area (Å²) in [5, 5.41) is 0.272. The number of benzene rings is 1. The van der Waals surface area contributed by atoms with Crippen molar-refractivity contribution in [3.8, 4) is 22.8 Å². The second-order valence-electron chi connectivity index (χ2n) is 8.73. The molecule has 3 aromatic rings. The molecular weight excluding hydrogens is 449 g/mol. The summed E-state index contributed by atoms with van der Waals surface area (Å²) in [6.07, 6.45) is 1.14. The highest BCUT2D eigenvalue weighted by Gasteiger charge is 2.22. The lowest BCUT2D eigenvalue weighted by molar-refractivity contribution is 0.0600. The molecule has 32 heavy (non-hydrogen) atoms. The maximum absolute atomic E-state index is 13.4. The van der Waals surface area contributed by atoms with Gasteiger partial charge in [-0.05, 0) is 42.8 Å². The van der Waals surface area contributed by atoms with E-state index in [-0.39, 0.29) is 11.9 Å². The summed E-state index contributed by atoms with van der Waals surface area (Å²) in [5.74, 6) is -0.363. The van der Waals surface area contributed by atoms with Crippen molar-refractivity contribution >= 4 is 25.6 Å². The molecule has 0 bridgehead atoms. The molecular formula is C23H27ClFN3O3Si. The highest BCUT2D eigenvalue weighted by Crippen LogP contribution is 2.35. The fraction of sp³-hybridized carbons (Fsp3) is 0.348. The van der Waals surface area contributed by atoms with Gasteiger partial charge in [0.1, 0.15) is 18.2 Å². The van der Waals surface area contributed by atoms with Crippen LogP contribution in [0.2, 0.25) is 30.8 Å². The standard InChI is InChI=1S/C23H27ClFN3O3Si/c1-15-12-16(23(29)30-2)6-8-18(15)20-21(24)27-22(19-9-7-17(25)13-26-19)28(20)14-31-10-11-32(3,4)5/h6-9,12-13H,10-11,14H2,1-5H3. The summed E-state index contributed by atoms with van der Waals surface area (Å²) in [4.78, 5) is 20.6. The van der Waals surface area contributed by atoms with Crippen LogP contribution < -0.4 is 0 Å². The van der Waals surface area contributed by atoms with Crippen molar-refractivity contribution in [1.29, 1.82) is 0 Å². The van der Waals surface area contributed by atoms with E-state index in [1.54, 1.807) is 18.2 Å². The Kier molecular flexibility index (Phi) is 7.48. The molecule has 0 radical (unpaired) electrons. The van der Waals surface area contributed by atoms with Crippen molar-refractivity contribution < 1.29 is 18.7 Å². The van der Waals surface area contributed by atoms with Crippen LogP contribution in [-0.4, -0.2) is 42.3 Å². The monoisotopic (exact) mass is 475 g/mol. The number of imidazole rings is 1. The van der Waals surface area contributed by atoms with Gasteiger partial charge in [-0.1, -0.05) is 37.3 Å². The molecule has 0 amide bonds. The van der Waals surface area contributed by atoms with Gasteiger partial charge in [0.05, 0.1) is 24.6 Å². The van der Waals surface area contributed by atoms with Gasteiger partial charge < -0.3 is 9.47 Å². The fourth-order valence-corrected chi connectivity index (χ4v) is 4.26. The maximum Gasteiger partial charge on any atom is 0.337 e. The molecule has 2 aromatic heterocycles. The van der Waals surface area contributed by atoms with Crippen molar-refractivity contribution in [2.24, 2.45) is 0 Å². The van der Waals surface area contributed by atoms with E-state index in [9.17, 15) is 9.18 Å². The van der Waals surface area contributed by atoms with E-state index in [1.165, 1.54) is 13.2 Å². The van der Waals surface area contributed by atoms with Gasteiger partial charge in [-0.2, -0.15) is 0 Å². The highest BCUT2D eigenvalue weighted by atomic mass is 35.5. The van der Waals surface area contributed by atoms with Crippen LogP contribution in [0.5, 0.6) is 0 Å². The van der Waals surface area contributed by atoms with Gasteiger partial charge in [-0.15, -0.1) is 0 Å². The highest BCUT2D eigenvalue weighted by molar-refractivity contribution is 6.76. The number of nitrogens with zero attached hydrogens (tertiary/aromatic N) is 3. The van der Waals surface area contributed by atoms with E-state index in [4.69, 9.17) is 21.1 Å². The minimum Gasteiger partial charge on any atom is -0.465 e. The van der Waals surface area contributed by atoms with E-state index in [0.717, 1.165) is 23.4 Å². The third-order valence-electron chi connectivity index (χ3n) is 5.00. The van der Waals surface area contributed by atoms with Gasteiger partial charge in [0.25, 0.3) is 0 Å².